The van der Waals surface area contributed by atoms with Gasteiger partial charge in [-0.3, -0.25) is 33.2 Å². The highest BCUT2D eigenvalue weighted by molar-refractivity contribution is 6.15. The lowest BCUT2D eigenvalue weighted by Crippen LogP contribution is -2.37. The zero-order valence-electron chi connectivity index (χ0n) is 24.9. The molecule has 5 rings (SSSR count). The summed E-state index contributed by atoms with van der Waals surface area (Å²) in [7, 11) is 7.78. The van der Waals surface area contributed by atoms with Crippen LogP contribution in [0.25, 0.3) is 32.7 Å². The minimum Gasteiger partial charge on any atom is -0.494 e. The van der Waals surface area contributed by atoms with Gasteiger partial charge in [0.05, 0.1) is 29.0 Å². The number of hydrogen-bond acceptors (Lipinski definition) is 9. The predicted molar refractivity (Wildman–Crippen MR) is 163 cm³/mol. The Morgan fingerprint density at radius 1 is 0.857 bits per heavy atom. The molecule has 12 nitrogen and oxygen atoms in total. The number of aromatic nitrogens is 5. The van der Waals surface area contributed by atoms with E-state index in [4.69, 9.17) is 4.99 Å². The van der Waals surface area contributed by atoms with Crippen molar-refractivity contribution >= 4 is 21.5 Å². The Morgan fingerprint density at radius 2 is 1.52 bits per heavy atom. The number of nitrogens with zero attached hydrogens (tertiary/aromatic N) is 8. The maximum atomic E-state index is 14.0. The van der Waals surface area contributed by atoms with E-state index in [2.05, 4.69) is 17.2 Å². The summed E-state index contributed by atoms with van der Waals surface area (Å²) < 4.78 is 4.37. The molecule has 1 aliphatic carbocycles. The zero-order chi connectivity index (χ0) is 30.1. The summed E-state index contributed by atoms with van der Waals surface area (Å²) in [4.78, 5) is 50.2. The zero-order valence-corrected chi connectivity index (χ0v) is 24.9. The molecule has 1 N–H and O–H groups in total. The first-order chi connectivity index (χ1) is 20.1. The van der Waals surface area contributed by atoms with Gasteiger partial charge in [0.1, 0.15) is 5.69 Å². The average molecular weight is 575 g/mol. The number of rotatable bonds is 12. The fourth-order valence-corrected chi connectivity index (χ4v) is 5.60. The Bertz CT molecular complexity index is 1920. The quantitative estimate of drug-likeness (QED) is 0.221. The number of pyridine rings is 2. The minimum atomic E-state index is -0.430. The van der Waals surface area contributed by atoms with Crippen LogP contribution in [0, 0.1) is 0 Å². The van der Waals surface area contributed by atoms with Gasteiger partial charge in [0.15, 0.2) is 0 Å². The molecular weight excluding hydrogens is 536 g/mol. The van der Waals surface area contributed by atoms with Gasteiger partial charge in [-0.25, -0.2) is 0 Å². The van der Waals surface area contributed by atoms with E-state index in [1.165, 1.54) is 9.13 Å². The van der Waals surface area contributed by atoms with Crippen LogP contribution in [0.1, 0.15) is 31.9 Å². The molecule has 0 radical (unpaired) electrons. The van der Waals surface area contributed by atoms with E-state index in [1.807, 2.05) is 44.2 Å². The van der Waals surface area contributed by atoms with Crippen LogP contribution in [0.3, 0.4) is 0 Å². The predicted octanol–water partition coefficient (Wildman–Crippen LogP) is 1.37. The second kappa shape index (κ2) is 12.0. The lowest BCUT2D eigenvalue weighted by molar-refractivity contribution is 0.365. The first-order valence-electron chi connectivity index (χ1n) is 14.4. The van der Waals surface area contributed by atoms with Gasteiger partial charge in [0.2, 0.25) is 5.88 Å². The summed E-state index contributed by atoms with van der Waals surface area (Å²) >= 11 is 0. The molecule has 12 heteroatoms. The van der Waals surface area contributed by atoms with Gasteiger partial charge in [0, 0.05) is 41.4 Å². The second-order valence-corrected chi connectivity index (χ2v) is 11.4. The summed E-state index contributed by atoms with van der Waals surface area (Å²) in [5.41, 5.74) is 0.0731. The fraction of sp³-hybridized carbons (Fsp3) is 0.467. The van der Waals surface area contributed by atoms with Gasteiger partial charge in [-0.15, -0.1) is 5.10 Å². The highest BCUT2D eigenvalue weighted by Crippen LogP contribution is 2.36. The van der Waals surface area contributed by atoms with Gasteiger partial charge in [-0.1, -0.05) is 12.1 Å². The van der Waals surface area contributed by atoms with Crippen molar-refractivity contribution in [1.82, 2.24) is 33.9 Å². The topological polar surface area (TPSA) is 131 Å². The number of aromatic hydroxyl groups is 1. The van der Waals surface area contributed by atoms with Crippen LogP contribution in [0.4, 0.5) is 0 Å². The standard InChI is InChI=1S/C30H38N8O4/c1-6-11-36-18-19(32-33-36)17-31-23-16-22-24-20(27(39)37(29(22)41)14-7-12-34(2)3)9-10-21-25(24)26(23)30(42)38(28(21)40)15-8-13-35(4)5/h9-10,16,18,40H,6-8,11-15,17H2,1-5H3. The molecule has 3 heterocycles. The van der Waals surface area contributed by atoms with Crippen molar-refractivity contribution in [1.29, 1.82) is 0 Å². The number of aryl methyl sites for hydroxylation is 1. The normalized spacial score (nSPS) is 12.8. The van der Waals surface area contributed by atoms with Crippen LogP contribution in [-0.4, -0.2) is 80.3 Å². The molecule has 0 saturated heterocycles. The van der Waals surface area contributed by atoms with E-state index >= 15 is 0 Å². The summed E-state index contributed by atoms with van der Waals surface area (Å²) in [5, 5.41) is 21.4. The molecule has 0 unspecified atom stereocenters. The minimum absolute atomic E-state index is 0.153. The van der Waals surface area contributed by atoms with E-state index in [0.717, 1.165) is 26.1 Å². The van der Waals surface area contributed by atoms with Crippen LogP contribution >= 0.6 is 0 Å². The maximum absolute atomic E-state index is 14.0. The molecule has 2 aliphatic rings. The molecule has 0 bridgehead atoms. The Labute approximate surface area is 242 Å². The maximum Gasteiger partial charge on any atom is 0.263 e. The summed E-state index contributed by atoms with van der Waals surface area (Å²) in [6.45, 7) is 4.95. The molecule has 0 saturated carbocycles. The van der Waals surface area contributed by atoms with Crippen molar-refractivity contribution in [3.05, 3.63) is 66.5 Å². The Kier molecular flexibility index (Phi) is 8.37. The summed E-state index contributed by atoms with van der Waals surface area (Å²) in [6, 6.07) is 4.93. The molecule has 1 aromatic carbocycles. The highest BCUT2D eigenvalue weighted by Gasteiger charge is 2.26. The number of hydrogen-bond donors (Lipinski definition) is 1. The Hall–Kier alpha value is -4.16. The molecule has 3 aromatic rings. The van der Waals surface area contributed by atoms with Gasteiger partial charge in [0.25, 0.3) is 16.7 Å². The molecule has 0 atom stereocenters. The lowest BCUT2D eigenvalue weighted by atomic mass is 9.90. The molecule has 42 heavy (non-hydrogen) atoms. The molecule has 222 valence electrons. The van der Waals surface area contributed by atoms with Crippen molar-refractivity contribution < 1.29 is 5.11 Å². The molecule has 0 spiro atoms. The third-order valence-corrected chi connectivity index (χ3v) is 7.59. The monoisotopic (exact) mass is 574 g/mol. The summed E-state index contributed by atoms with van der Waals surface area (Å²) in [6.07, 6.45) is 3.99. The van der Waals surface area contributed by atoms with Crippen LogP contribution in [0.5, 0.6) is 5.88 Å². The van der Waals surface area contributed by atoms with Gasteiger partial charge < -0.3 is 14.9 Å². The van der Waals surface area contributed by atoms with Crippen LogP contribution < -0.4 is 22.0 Å². The molecule has 0 fully saturated rings. The van der Waals surface area contributed by atoms with E-state index in [1.54, 1.807) is 22.9 Å². The Balaban J connectivity index is 1.79. The van der Waals surface area contributed by atoms with Crippen LogP contribution in [-0.2, 0) is 26.2 Å². The van der Waals surface area contributed by atoms with Crippen molar-refractivity contribution in [3.63, 3.8) is 0 Å². The average Bonchev–Trinajstić information content (AvgIpc) is 3.40. The molecule has 2 aromatic heterocycles. The molecule has 1 aliphatic heterocycles. The van der Waals surface area contributed by atoms with Gasteiger partial charge >= 0.3 is 0 Å². The second-order valence-electron chi connectivity index (χ2n) is 11.4. The largest absolute Gasteiger partial charge is 0.494 e. The van der Waals surface area contributed by atoms with Crippen molar-refractivity contribution in [2.75, 3.05) is 41.3 Å². The summed E-state index contributed by atoms with van der Waals surface area (Å²) in [5.74, 6) is -0.184. The van der Waals surface area contributed by atoms with Crippen molar-refractivity contribution in [2.45, 2.75) is 52.4 Å². The van der Waals surface area contributed by atoms with Crippen LogP contribution in [0.2, 0.25) is 0 Å². The number of benzene rings is 2. The molecule has 0 amide bonds. The fourth-order valence-electron chi connectivity index (χ4n) is 5.60. The molecular formula is C30H38N8O4. The highest BCUT2D eigenvalue weighted by atomic mass is 16.3. The van der Waals surface area contributed by atoms with Crippen molar-refractivity contribution in [3.8, 4) is 17.0 Å². The van der Waals surface area contributed by atoms with E-state index < -0.39 is 16.7 Å². The van der Waals surface area contributed by atoms with Crippen LogP contribution in [0.15, 0.2) is 43.8 Å². The first kappa shape index (κ1) is 29.3. The van der Waals surface area contributed by atoms with Crippen molar-refractivity contribution in [2.24, 2.45) is 4.99 Å². The third-order valence-electron chi connectivity index (χ3n) is 7.59. The Morgan fingerprint density at radius 3 is 2.19 bits per heavy atom. The lowest BCUT2D eigenvalue weighted by Gasteiger charge is -2.20. The van der Waals surface area contributed by atoms with Gasteiger partial charge in [-0.2, -0.15) is 0 Å². The SMILES string of the molecule is CCCn1cc(CN=c2cc3c(=O)n(CCCN(C)C)c(=O)c4ccc5c(O)n(CCCN(C)C)c(=O)c2c5c4-3)nn1. The smallest absolute Gasteiger partial charge is 0.263 e. The van der Waals surface area contributed by atoms with E-state index in [0.29, 0.717) is 57.7 Å². The first-order valence-corrected chi connectivity index (χ1v) is 14.4. The van der Waals surface area contributed by atoms with E-state index in [9.17, 15) is 19.5 Å². The van der Waals surface area contributed by atoms with E-state index in [-0.39, 0.29) is 24.4 Å². The van der Waals surface area contributed by atoms with Gasteiger partial charge in [-0.05, 0) is 78.7 Å². The third kappa shape index (κ3) is 5.39.